The van der Waals surface area contributed by atoms with E-state index in [1.807, 2.05) is 30.3 Å². The number of unbranched alkanes of at least 4 members (excludes halogenated alkanes) is 1. The fourth-order valence-corrected chi connectivity index (χ4v) is 2.26. The van der Waals surface area contributed by atoms with Gasteiger partial charge in [-0.05, 0) is 36.8 Å². The van der Waals surface area contributed by atoms with Gasteiger partial charge in [-0.25, -0.2) is 4.39 Å². The summed E-state index contributed by atoms with van der Waals surface area (Å²) < 4.78 is 14.0. The molecule has 108 valence electrons. The van der Waals surface area contributed by atoms with Crippen LogP contribution in [-0.2, 0) is 6.54 Å². The molecule has 0 fully saturated rings. The summed E-state index contributed by atoms with van der Waals surface area (Å²) in [6, 6.07) is 16.6. The first-order valence-electron chi connectivity index (χ1n) is 7.23. The zero-order valence-corrected chi connectivity index (χ0v) is 12.2. The van der Waals surface area contributed by atoms with Crippen LogP contribution in [0.3, 0.4) is 0 Å². The van der Waals surface area contributed by atoms with Gasteiger partial charge in [0.2, 0.25) is 0 Å². The molecule has 0 radical (unpaired) electrons. The van der Waals surface area contributed by atoms with Crippen LogP contribution in [-0.4, -0.2) is 6.54 Å². The lowest BCUT2D eigenvalue weighted by Gasteiger charge is -2.25. The highest BCUT2D eigenvalue weighted by Gasteiger charge is 2.10. The highest BCUT2D eigenvalue weighted by Crippen LogP contribution is 2.20. The maximum absolute atomic E-state index is 14.0. The maximum atomic E-state index is 14.0. The third-order valence-electron chi connectivity index (χ3n) is 3.44. The van der Waals surface area contributed by atoms with E-state index >= 15 is 0 Å². The average Bonchev–Trinajstić information content (AvgIpc) is 2.54. The number of halogens is 1. The second kappa shape index (κ2) is 7.44. The van der Waals surface area contributed by atoms with Crippen LogP contribution in [0.15, 0.2) is 48.5 Å². The van der Waals surface area contributed by atoms with Crippen molar-refractivity contribution in [1.29, 1.82) is 5.26 Å². The van der Waals surface area contributed by atoms with Crippen molar-refractivity contribution in [3.63, 3.8) is 0 Å². The predicted octanol–water partition coefficient (Wildman–Crippen LogP) is 4.50. The van der Waals surface area contributed by atoms with Gasteiger partial charge in [-0.3, -0.25) is 0 Å². The lowest BCUT2D eigenvalue weighted by atomic mass is 10.1. The van der Waals surface area contributed by atoms with Gasteiger partial charge in [-0.1, -0.05) is 31.5 Å². The van der Waals surface area contributed by atoms with E-state index in [1.165, 1.54) is 12.1 Å². The molecule has 0 atom stereocenters. The molecule has 3 heteroatoms. The van der Waals surface area contributed by atoms with Crippen LogP contribution in [0.5, 0.6) is 0 Å². The van der Waals surface area contributed by atoms with Crippen LogP contribution >= 0.6 is 0 Å². The maximum Gasteiger partial charge on any atom is 0.128 e. The number of anilines is 1. The number of para-hydroxylation sites is 1. The lowest BCUT2D eigenvalue weighted by Crippen LogP contribution is -2.24. The van der Waals surface area contributed by atoms with E-state index in [4.69, 9.17) is 5.26 Å². The molecule has 2 nitrogen and oxygen atoms in total. The van der Waals surface area contributed by atoms with Crippen LogP contribution < -0.4 is 4.90 Å². The van der Waals surface area contributed by atoms with E-state index in [1.54, 1.807) is 6.07 Å². The third-order valence-corrected chi connectivity index (χ3v) is 3.44. The first-order chi connectivity index (χ1) is 10.2. The summed E-state index contributed by atoms with van der Waals surface area (Å²) in [4.78, 5) is 2.16. The summed E-state index contributed by atoms with van der Waals surface area (Å²) in [6.07, 6.45) is 2.14. The Hall–Kier alpha value is -2.34. The Morgan fingerprint density at radius 3 is 2.57 bits per heavy atom. The van der Waals surface area contributed by atoms with Gasteiger partial charge in [0.05, 0.1) is 11.6 Å². The molecule has 0 bridgehead atoms. The Kier molecular flexibility index (Phi) is 5.34. The smallest absolute Gasteiger partial charge is 0.128 e. The second-order valence-electron chi connectivity index (χ2n) is 5.03. The standard InChI is InChI=1S/C18H19FN2/c1-2-3-11-21(17-7-5-4-6-8-17)14-16-12-15(13-20)9-10-18(16)19/h4-10,12H,2-3,11,14H2,1H3. The molecule has 2 rings (SSSR count). The summed E-state index contributed by atoms with van der Waals surface area (Å²) >= 11 is 0. The van der Waals surface area contributed by atoms with Crippen molar-refractivity contribution in [2.45, 2.75) is 26.3 Å². The van der Waals surface area contributed by atoms with Crippen molar-refractivity contribution in [3.05, 3.63) is 65.5 Å². The van der Waals surface area contributed by atoms with Crippen molar-refractivity contribution in [2.75, 3.05) is 11.4 Å². The van der Waals surface area contributed by atoms with Gasteiger partial charge in [0.15, 0.2) is 0 Å². The minimum absolute atomic E-state index is 0.258. The number of nitrogens with zero attached hydrogens (tertiary/aromatic N) is 2. The Balaban J connectivity index is 2.25. The number of hydrogen-bond donors (Lipinski definition) is 0. The molecule has 0 spiro atoms. The fourth-order valence-electron chi connectivity index (χ4n) is 2.26. The molecule has 2 aromatic carbocycles. The first kappa shape index (κ1) is 15.1. The van der Waals surface area contributed by atoms with Gasteiger partial charge in [-0.2, -0.15) is 5.26 Å². The Morgan fingerprint density at radius 1 is 1.14 bits per heavy atom. The number of hydrogen-bond acceptors (Lipinski definition) is 2. The molecule has 0 aromatic heterocycles. The Morgan fingerprint density at radius 2 is 1.90 bits per heavy atom. The molecule has 2 aromatic rings. The van der Waals surface area contributed by atoms with Crippen molar-refractivity contribution in [2.24, 2.45) is 0 Å². The predicted molar refractivity (Wildman–Crippen MR) is 83.5 cm³/mol. The van der Waals surface area contributed by atoms with E-state index in [2.05, 4.69) is 17.9 Å². The molecule has 0 aliphatic heterocycles. The van der Waals surface area contributed by atoms with E-state index in [-0.39, 0.29) is 5.82 Å². The van der Waals surface area contributed by atoms with Crippen molar-refractivity contribution in [3.8, 4) is 6.07 Å². The summed E-state index contributed by atoms with van der Waals surface area (Å²) in [7, 11) is 0. The van der Waals surface area contributed by atoms with Crippen LogP contribution in [0.1, 0.15) is 30.9 Å². The summed E-state index contributed by atoms with van der Waals surface area (Å²) in [5, 5.41) is 8.96. The molecule has 0 heterocycles. The molecule has 0 aliphatic carbocycles. The molecule has 0 aliphatic rings. The van der Waals surface area contributed by atoms with E-state index < -0.39 is 0 Å². The molecule has 0 N–H and O–H groups in total. The molecular weight excluding hydrogens is 263 g/mol. The normalized spacial score (nSPS) is 10.1. The van der Waals surface area contributed by atoms with Crippen molar-refractivity contribution >= 4 is 5.69 Å². The largest absolute Gasteiger partial charge is 0.367 e. The third kappa shape index (κ3) is 4.06. The number of benzene rings is 2. The van der Waals surface area contributed by atoms with Crippen LogP contribution in [0.2, 0.25) is 0 Å². The fraction of sp³-hybridized carbons (Fsp3) is 0.278. The molecule has 21 heavy (non-hydrogen) atoms. The van der Waals surface area contributed by atoms with Gasteiger partial charge in [-0.15, -0.1) is 0 Å². The van der Waals surface area contributed by atoms with E-state index in [9.17, 15) is 4.39 Å². The van der Waals surface area contributed by atoms with Gasteiger partial charge in [0, 0.05) is 24.3 Å². The average molecular weight is 282 g/mol. The summed E-state index contributed by atoms with van der Waals surface area (Å²) in [6.45, 7) is 3.49. The van der Waals surface area contributed by atoms with Gasteiger partial charge in [0.25, 0.3) is 0 Å². The summed E-state index contributed by atoms with van der Waals surface area (Å²) in [5.74, 6) is -0.258. The Labute approximate surface area is 125 Å². The van der Waals surface area contributed by atoms with Gasteiger partial charge < -0.3 is 4.90 Å². The highest BCUT2D eigenvalue weighted by atomic mass is 19.1. The second-order valence-corrected chi connectivity index (χ2v) is 5.03. The van der Waals surface area contributed by atoms with Crippen LogP contribution in [0.4, 0.5) is 10.1 Å². The minimum atomic E-state index is -0.258. The van der Waals surface area contributed by atoms with E-state index in [0.29, 0.717) is 17.7 Å². The zero-order chi connectivity index (χ0) is 15.1. The molecule has 0 saturated carbocycles. The quantitative estimate of drug-likeness (QED) is 0.779. The van der Waals surface area contributed by atoms with Gasteiger partial charge in [0.1, 0.15) is 5.82 Å². The molecule has 0 amide bonds. The van der Waals surface area contributed by atoms with Crippen molar-refractivity contribution < 1.29 is 4.39 Å². The molecule has 0 saturated heterocycles. The van der Waals surface area contributed by atoms with Crippen molar-refractivity contribution in [1.82, 2.24) is 0 Å². The van der Waals surface area contributed by atoms with Gasteiger partial charge >= 0.3 is 0 Å². The Bertz CT molecular complexity index is 617. The number of nitriles is 1. The molecular formula is C18H19FN2. The van der Waals surface area contributed by atoms with Crippen LogP contribution in [0.25, 0.3) is 0 Å². The molecule has 0 unspecified atom stereocenters. The zero-order valence-electron chi connectivity index (χ0n) is 12.2. The summed E-state index contributed by atoms with van der Waals surface area (Å²) in [5.41, 5.74) is 2.14. The first-order valence-corrected chi connectivity index (χ1v) is 7.23. The monoisotopic (exact) mass is 282 g/mol. The number of rotatable bonds is 6. The highest BCUT2D eigenvalue weighted by molar-refractivity contribution is 5.47. The van der Waals surface area contributed by atoms with E-state index in [0.717, 1.165) is 25.1 Å². The topological polar surface area (TPSA) is 27.0 Å². The lowest BCUT2D eigenvalue weighted by molar-refractivity contribution is 0.601. The SMILES string of the molecule is CCCCN(Cc1cc(C#N)ccc1F)c1ccccc1. The van der Waals surface area contributed by atoms with Crippen LogP contribution in [0, 0.1) is 17.1 Å². The minimum Gasteiger partial charge on any atom is -0.367 e.